The van der Waals surface area contributed by atoms with Crippen LogP contribution in [0.1, 0.15) is 80.6 Å². The van der Waals surface area contributed by atoms with Crippen LogP contribution in [0, 0.1) is 12.8 Å². The van der Waals surface area contributed by atoms with Crippen molar-refractivity contribution in [2.24, 2.45) is 10.9 Å². The van der Waals surface area contributed by atoms with Crippen molar-refractivity contribution in [1.29, 1.82) is 0 Å². The van der Waals surface area contributed by atoms with Crippen molar-refractivity contribution in [3.63, 3.8) is 0 Å². The second-order valence-electron chi connectivity index (χ2n) is 8.19. The van der Waals surface area contributed by atoms with Crippen molar-refractivity contribution in [2.75, 3.05) is 0 Å². The Kier molecular flexibility index (Phi) is 5.35. The first kappa shape index (κ1) is 19.6. The Labute approximate surface area is 170 Å². The molecular weight excluding hydrogens is 366 g/mol. The molecule has 0 radical (unpaired) electrons. The monoisotopic (exact) mass is 393 g/mol. The van der Waals surface area contributed by atoms with Gasteiger partial charge in [0.1, 0.15) is 5.92 Å². The predicted molar refractivity (Wildman–Crippen MR) is 111 cm³/mol. The number of hydrogen-bond acceptors (Lipinski definition) is 5. The minimum Gasteiger partial charge on any atom is -0.481 e. The average molecular weight is 393 g/mol. The van der Waals surface area contributed by atoms with Gasteiger partial charge in [-0.05, 0) is 44.7 Å². The molecule has 1 aromatic heterocycles. The molecule has 1 aliphatic heterocycles. The van der Waals surface area contributed by atoms with Crippen molar-refractivity contribution in [2.45, 2.75) is 64.7 Å². The van der Waals surface area contributed by atoms with Gasteiger partial charge in [0.15, 0.2) is 0 Å². The van der Waals surface area contributed by atoms with Crippen LogP contribution in [0.15, 0.2) is 39.5 Å². The van der Waals surface area contributed by atoms with E-state index in [4.69, 9.17) is 9.51 Å². The summed E-state index contributed by atoms with van der Waals surface area (Å²) in [5.74, 6) is -0.609. The highest BCUT2D eigenvalue weighted by Crippen LogP contribution is 2.44. The van der Waals surface area contributed by atoms with E-state index in [9.17, 15) is 9.90 Å². The SMILES string of the molecule is CC1=NC(C)=C(c2noc(C3CCCCC3)n2)C(c2ccccc2C)C1C(=O)O. The van der Waals surface area contributed by atoms with Gasteiger partial charge in [0.2, 0.25) is 11.7 Å². The standard InChI is InChI=1S/C23H27N3O3/c1-13-9-7-8-12-17(13)20-18(14(2)24-15(3)19(20)23(27)28)21-25-22(29-26-21)16-10-5-4-6-11-16/h7-9,12,16,19-20H,4-6,10-11H2,1-3H3,(H,27,28). The van der Waals surface area contributed by atoms with E-state index in [1.165, 1.54) is 19.3 Å². The van der Waals surface area contributed by atoms with Gasteiger partial charge >= 0.3 is 5.97 Å². The highest BCUT2D eigenvalue weighted by Gasteiger charge is 2.41. The lowest BCUT2D eigenvalue weighted by Crippen LogP contribution is -2.33. The van der Waals surface area contributed by atoms with E-state index in [2.05, 4.69) is 10.1 Å². The topological polar surface area (TPSA) is 88.6 Å². The van der Waals surface area contributed by atoms with E-state index in [0.29, 0.717) is 23.3 Å². The van der Waals surface area contributed by atoms with Crippen LogP contribution in [0.2, 0.25) is 0 Å². The largest absolute Gasteiger partial charge is 0.481 e. The maximum absolute atomic E-state index is 12.2. The quantitative estimate of drug-likeness (QED) is 0.779. The number of nitrogens with zero attached hydrogens (tertiary/aromatic N) is 3. The number of aromatic nitrogens is 2. The van der Waals surface area contributed by atoms with Crippen LogP contribution in [0.4, 0.5) is 0 Å². The van der Waals surface area contributed by atoms with Crippen LogP contribution >= 0.6 is 0 Å². The van der Waals surface area contributed by atoms with Crippen LogP contribution in [0.5, 0.6) is 0 Å². The minimum absolute atomic E-state index is 0.298. The zero-order chi connectivity index (χ0) is 20.5. The maximum Gasteiger partial charge on any atom is 0.313 e. The van der Waals surface area contributed by atoms with Crippen molar-refractivity contribution < 1.29 is 14.4 Å². The summed E-state index contributed by atoms with van der Waals surface area (Å²) in [6, 6.07) is 7.90. The van der Waals surface area contributed by atoms with Gasteiger partial charge in [-0.1, -0.05) is 48.7 Å². The van der Waals surface area contributed by atoms with Crippen molar-refractivity contribution >= 4 is 17.3 Å². The lowest BCUT2D eigenvalue weighted by molar-refractivity contribution is -0.139. The van der Waals surface area contributed by atoms with Crippen LogP contribution in [0.25, 0.3) is 5.57 Å². The predicted octanol–water partition coefficient (Wildman–Crippen LogP) is 5.12. The summed E-state index contributed by atoms with van der Waals surface area (Å²) in [5, 5.41) is 14.3. The van der Waals surface area contributed by atoms with E-state index in [-0.39, 0.29) is 0 Å². The van der Waals surface area contributed by atoms with Crippen molar-refractivity contribution in [3.05, 3.63) is 52.8 Å². The molecule has 2 unspecified atom stereocenters. The second kappa shape index (κ2) is 7.93. The Morgan fingerprint density at radius 1 is 1.10 bits per heavy atom. The molecule has 152 valence electrons. The molecule has 4 rings (SSSR count). The Morgan fingerprint density at radius 2 is 1.83 bits per heavy atom. The van der Waals surface area contributed by atoms with Gasteiger partial charge in [-0.25, -0.2) is 0 Å². The fourth-order valence-electron chi connectivity index (χ4n) is 4.78. The Morgan fingerprint density at radius 3 is 2.52 bits per heavy atom. The number of aliphatic carboxylic acids is 1. The molecule has 1 N–H and O–H groups in total. The molecule has 1 aromatic carbocycles. The Balaban J connectivity index is 1.82. The third-order valence-corrected chi connectivity index (χ3v) is 6.25. The number of carboxylic acid groups (broad SMARTS) is 1. The molecule has 0 bridgehead atoms. The van der Waals surface area contributed by atoms with Crippen molar-refractivity contribution in [1.82, 2.24) is 10.1 Å². The fourth-order valence-corrected chi connectivity index (χ4v) is 4.78. The number of aryl methyl sites for hydroxylation is 1. The number of hydrogen-bond donors (Lipinski definition) is 1. The molecule has 2 aromatic rings. The lowest BCUT2D eigenvalue weighted by Gasteiger charge is -2.31. The van der Waals surface area contributed by atoms with Gasteiger partial charge in [0.05, 0.1) is 0 Å². The van der Waals surface area contributed by atoms with E-state index >= 15 is 0 Å². The summed E-state index contributed by atoms with van der Waals surface area (Å²) < 4.78 is 5.65. The summed E-state index contributed by atoms with van der Waals surface area (Å²) >= 11 is 0. The number of rotatable bonds is 4. The summed E-state index contributed by atoms with van der Waals surface area (Å²) in [5.41, 5.74) is 4.11. The first-order chi connectivity index (χ1) is 14.0. The molecule has 6 nitrogen and oxygen atoms in total. The van der Waals surface area contributed by atoms with E-state index < -0.39 is 17.8 Å². The number of carbonyl (C=O) groups is 1. The smallest absolute Gasteiger partial charge is 0.313 e. The third-order valence-electron chi connectivity index (χ3n) is 6.25. The highest BCUT2D eigenvalue weighted by molar-refractivity contribution is 6.05. The fraction of sp³-hybridized carbons (Fsp3) is 0.478. The van der Waals surface area contributed by atoms with Crippen LogP contribution in [-0.2, 0) is 4.79 Å². The zero-order valence-electron chi connectivity index (χ0n) is 17.2. The van der Waals surface area contributed by atoms with E-state index in [0.717, 1.165) is 35.2 Å². The summed E-state index contributed by atoms with van der Waals surface area (Å²) in [4.78, 5) is 21.5. The molecule has 1 saturated carbocycles. The Bertz CT molecular complexity index is 983. The number of carboxylic acids is 1. The number of benzene rings is 1. The molecule has 0 amide bonds. The van der Waals surface area contributed by atoms with Gasteiger partial charge < -0.3 is 9.63 Å². The zero-order valence-corrected chi connectivity index (χ0v) is 17.2. The molecule has 6 heteroatoms. The van der Waals surface area contributed by atoms with Crippen LogP contribution in [-0.4, -0.2) is 26.9 Å². The minimum atomic E-state index is -0.888. The van der Waals surface area contributed by atoms with Gasteiger partial charge in [0.25, 0.3) is 0 Å². The van der Waals surface area contributed by atoms with E-state index in [1.807, 2.05) is 38.1 Å². The average Bonchev–Trinajstić information content (AvgIpc) is 3.18. The molecule has 2 heterocycles. The third kappa shape index (κ3) is 3.63. The molecule has 2 aliphatic rings. The van der Waals surface area contributed by atoms with Crippen LogP contribution in [0.3, 0.4) is 0 Å². The van der Waals surface area contributed by atoms with Gasteiger partial charge in [0, 0.05) is 28.8 Å². The molecular formula is C23H27N3O3. The van der Waals surface area contributed by atoms with Gasteiger partial charge in [-0.2, -0.15) is 4.98 Å². The van der Waals surface area contributed by atoms with Crippen LogP contribution < -0.4 is 0 Å². The normalized spacial score (nSPS) is 23.2. The first-order valence-electron chi connectivity index (χ1n) is 10.4. The lowest BCUT2D eigenvalue weighted by atomic mass is 9.74. The summed E-state index contributed by atoms with van der Waals surface area (Å²) in [6.45, 7) is 5.69. The van der Waals surface area contributed by atoms with Gasteiger partial charge in [-0.15, -0.1) is 0 Å². The van der Waals surface area contributed by atoms with Crippen molar-refractivity contribution in [3.8, 4) is 0 Å². The first-order valence-corrected chi connectivity index (χ1v) is 10.4. The number of aliphatic imine (C=N–C) groups is 1. The van der Waals surface area contributed by atoms with Gasteiger partial charge in [-0.3, -0.25) is 9.79 Å². The molecule has 1 fully saturated rings. The maximum atomic E-state index is 12.2. The molecule has 29 heavy (non-hydrogen) atoms. The van der Waals surface area contributed by atoms with E-state index in [1.54, 1.807) is 6.92 Å². The molecule has 1 aliphatic carbocycles. The summed E-state index contributed by atoms with van der Waals surface area (Å²) in [6.07, 6.45) is 5.75. The molecule has 0 spiro atoms. The second-order valence-corrected chi connectivity index (χ2v) is 8.19. The molecule has 0 saturated heterocycles. The highest BCUT2D eigenvalue weighted by atomic mass is 16.5. The Hall–Kier alpha value is -2.76. The molecule has 2 atom stereocenters. The summed E-state index contributed by atoms with van der Waals surface area (Å²) in [7, 11) is 0. The number of allylic oxidation sites excluding steroid dienone is 2.